The Hall–Kier alpha value is -0.510. The maximum absolute atomic E-state index is 10.8. The van der Waals surface area contributed by atoms with Crippen LogP contribution < -0.4 is 5.14 Å². The summed E-state index contributed by atoms with van der Waals surface area (Å²) in [7, 11) is -3.86. The van der Waals surface area contributed by atoms with Gasteiger partial charge in [0.2, 0.25) is 10.0 Å². The number of halogens is 2. The van der Waals surface area contributed by atoms with Crippen LogP contribution in [0.3, 0.4) is 0 Å². The molecular weight excluding hydrogens is 356 g/mol. The molecule has 1 aromatic carbocycles. The second-order valence-electron chi connectivity index (χ2n) is 2.30. The molecule has 1 aromatic rings. The lowest BCUT2D eigenvalue weighted by atomic mass is 10.3. The van der Waals surface area contributed by atoms with E-state index in [-0.39, 0.29) is 44.5 Å². The summed E-state index contributed by atoms with van der Waals surface area (Å²) >= 11 is 0. The molecule has 2 N–H and O–H groups in total. The molecule has 0 aliphatic carbocycles. The van der Waals surface area contributed by atoms with Crippen molar-refractivity contribution in [3.05, 3.63) is 34.4 Å². The minimum Gasteiger partial charge on any atom is -0.258 e. The zero-order valence-corrected chi connectivity index (χ0v) is 11.4. The standard InChI is InChI=1S/C6H6N2O4S.2BrH/c7-13(11,12)6-3-1-2-5(4-6)8(9)10;;/h1-4H,(H2,7,11,12);2*1H. The predicted octanol–water partition coefficient (Wildman–Crippen LogP) is 1.40. The molecule has 0 saturated heterocycles. The van der Waals surface area contributed by atoms with Crippen molar-refractivity contribution >= 4 is 49.7 Å². The fourth-order valence-electron chi connectivity index (χ4n) is 0.774. The Balaban J connectivity index is 0. The van der Waals surface area contributed by atoms with E-state index in [0.29, 0.717) is 0 Å². The summed E-state index contributed by atoms with van der Waals surface area (Å²) < 4.78 is 21.5. The van der Waals surface area contributed by atoms with Gasteiger partial charge in [-0.05, 0) is 6.07 Å². The molecule has 0 aliphatic heterocycles. The first-order valence-corrected chi connectivity index (χ1v) is 4.73. The minimum atomic E-state index is -3.86. The number of rotatable bonds is 2. The van der Waals surface area contributed by atoms with Gasteiger partial charge < -0.3 is 0 Å². The quantitative estimate of drug-likeness (QED) is 0.633. The fourth-order valence-corrected chi connectivity index (χ4v) is 1.33. The van der Waals surface area contributed by atoms with Gasteiger partial charge in [0.05, 0.1) is 9.82 Å². The lowest BCUT2D eigenvalue weighted by Crippen LogP contribution is -2.12. The maximum Gasteiger partial charge on any atom is 0.270 e. The van der Waals surface area contributed by atoms with Crippen LogP contribution in [0.15, 0.2) is 29.2 Å². The second kappa shape index (κ2) is 6.16. The molecule has 0 atom stereocenters. The number of nitrogens with zero attached hydrogens (tertiary/aromatic N) is 1. The Morgan fingerprint density at radius 3 is 2.20 bits per heavy atom. The Labute approximate surface area is 107 Å². The smallest absolute Gasteiger partial charge is 0.258 e. The molecule has 0 aromatic heterocycles. The van der Waals surface area contributed by atoms with E-state index in [9.17, 15) is 18.5 Å². The highest BCUT2D eigenvalue weighted by atomic mass is 79.9. The number of nitro groups is 1. The van der Waals surface area contributed by atoms with Crippen molar-refractivity contribution in [1.82, 2.24) is 0 Å². The summed E-state index contributed by atoms with van der Waals surface area (Å²) in [6.45, 7) is 0. The highest BCUT2D eigenvalue weighted by Crippen LogP contribution is 2.15. The third-order valence-corrected chi connectivity index (χ3v) is 2.27. The van der Waals surface area contributed by atoms with Gasteiger partial charge in [0.15, 0.2) is 0 Å². The Bertz CT molecular complexity index is 448. The highest BCUT2D eigenvalue weighted by Gasteiger charge is 2.12. The summed E-state index contributed by atoms with van der Waals surface area (Å²) in [5.41, 5.74) is -0.300. The molecule has 0 unspecified atom stereocenters. The van der Waals surface area contributed by atoms with E-state index in [0.717, 1.165) is 6.07 Å². The van der Waals surface area contributed by atoms with Gasteiger partial charge in [-0.25, -0.2) is 13.6 Å². The van der Waals surface area contributed by atoms with Crippen LogP contribution in [0.1, 0.15) is 0 Å². The van der Waals surface area contributed by atoms with Crippen molar-refractivity contribution in [2.75, 3.05) is 0 Å². The summed E-state index contributed by atoms with van der Waals surface area (Å²) in [5, 5.41) is 15.0. The summed E-state index contributed by atoms with van der Waals surface area (Å²) in [4.78, 5) is 9.30. The van der Waals surface area contributed by atoms with Crippen LogP contribution in [0.5, 0.6) is 0 Å². The number of hydrogen-bond acceptors (Lipinski definition) is 4. The first-order valence-electron chi connectivity index (χ1n) is 3.18. The predicted molar refractivity (Wildman–Crippen MR) is 65.1 cm³/mol. The second-order valence-corrected chi connectivity index (χ2v) is 3.86. The molecule has 1 rings (SSSR count). The molecule has 0 amide bonds. The third kappa shape index (κ3) is 4.69. The Morgan fingerprint density at radius 1 is 1.27 bits per heavy atom. The lowest BCUT2D eigenvalue weighted by molar-refractivity contribution is -0.385. The summed E-state index contributed by atoms with van der Waals surface area (Å²) in [5.74, 6) is 0. The maximum atomic E-state index is 10.8. The highest BCUT2D eigenvalue weighted by molar-refractivity contribution is 8.93. The molecule has 6 nitrogen and oxygen atoms in total. The minimum absolute atomic E-state index is 0. The summed E-state index contributed by atoms with van der Waals surface area (Å²) in [6.07, 6.45) is 0. The average molecular weight is 364 g/mol. The molecule has 0 radical (unpaired) electrons. The van der Waals surface area contributed by atoms with Crippen molar-refractivity contribution < 1.29 is 13.3 Å². The van der Waals surface area contributed by atoms with Crippen LogP contribution in [0, 0.1) is 10.1 Å². The van der Waals surface area contributed by atoms with Crippen LogP contribution in [-0.4, -0.2) is 13.3 Å². The first-order chi connectivity index (χ1) is 5.91. The molecular formula is C6H8Br2N2O4S. The van der Waals surface area contributed by atoms with E-state index < -0.39 is 14.9 Å². The number of primary sulfonamides is 1. The number of non-ortho nitro benzene ring substituents is 1. The first kappa shape index (κ1) is 16.9. The van der Waals surface area contributed by atoms with Gasteiger partial charge >= 0.3 is 0 Å². The van der Waals surface area contributed by atoms with E-state index in [1.54, 1.807) is 0 Å². The monoisotopic (exact) mass is 362 g/mol. The zero-order chi connectivity index (χ0) is 10.1. The number of nitrogens with two attached hydrogens (primary N) is 1. The fraction of sp³-hybridized carbons (Fsp3) is 0. The number of sulfonamides is 1. The van der Waals surface area contributed by atoms with Crippen LogP contribution in [0.4, 0.5) is 5.69 Å². The molecule has 0 spiro atoms. The zero-order valence-electron chi connectivity index (χ0n) is 7.19. The van der Waals surface area contributed by atoms with E-state index in [4.69, 9.17) is 5.14 Å². The molecule has 0 fully saturated rings. The van der Waals surface area contributed by atoms with Crippen molar-refractivity contribution in [2.45, 2.75) is 4.90 Å². The van der Waals surface area contributed by atoms with Crippen molar-refractivity contribution in [3.8, 4) is 0 Å². The third-order valence-electron chi connectivity index (χ3n) is 1.36. The van der Waals surface area contributed by atoms with Crippen LogP contribution in [0.25, 0.3) is 0 Å². The topological polar surface area (TPSA) is 103 Å². The van der Waals surface area contributed by atoms with Crippen molar-refractivity contribution in [3.63, 3.8) is 0 Å². The van der Waals surface area contributed by atoms with Gasteiger partial charge in [0.25, 0.3) is 5.69 Å². The van der Waals surface area contributed by atoms with E-state index in [2.05, 4.69) is 0 Å². The molecule has 0 saturated carbocycles. The lowest BCUT2D eigenvalue weighted by Gasteiger charge is -1.96. The molecule has 9 heteroatoms. The van der Waals surface area contributed by atoms with Gasteiger partial charge in [-0.1, -0.05) is 6.07 Å². The molecule has 0 aliphatic rings. The molecule has 15 heavy (non-hydrogen) atoms. The average Bonchev–Trinajstić information content (AvgIpc) is 2.03. The van der Waals surface area contributed by atoms with Crippen LogP contribution >= 0.6 is 34.0 Å². The van der Waals surface area contributed by atoms with Crippen molar-refractivity contribution in [1.29, 1.82) is 0 Å². The number of nitro benzene ring substituents is 1. The summed E-state index contributed by atoms with van der Waals surface area (Å²) in [6, 6.07) is 4.56. The van der Waals surface area contributed by atoms with Gasteiger partial charge in [-0.2, -0.15) is 0 Å². The van der Waals surface area contributed by atoms with Gasteiger partial charge in [-0.3, -0.25) is 10.1 Å². The molecule has 0 heterocycles. The van der Waals surface area contributed by atoms with Gasteiger partial charge in [0, 0.05) is 12.1 Å². The Kier molecular flexibility index (Phi) is 6.94. The van der Waals surface area contributed by atoms with Crippen molar-refractivity contribution in [2.24, 2.45) is 5.14 Å². The SMILES string of the molecule is Br.Br.NS(=O)(=O)c1cccc([N+](=O)[O-])c1. The van der Waals surface area contributed by atoms with Gasteiger partial charge in [0.1, 0.15) is 0 Å². The molecule has 86 valence electrons. The van der Waals surface area contributed by atoms with E-state index >= 15 is 0 Å². The van der Waals surface area contributed by atoms with E-state index in [1.807, 2.05) is 0 Å². The van der Waals surface area contributed by atoms with Crippen LogP contribution in [0.2, 0.25) is 0 Å². The van der Waals surface area contributed by atoms with Crippen LogP contribution in [-0.2, 0) is 10.0 Å². The van der Waals surface area contributed by atoms with Gasteiger partial charge in [-0.15, -0.1) is 34.0 Å². The van der Waals surface area contributed by atoms with E-state index in [1.165, 1.54) is 18.2 Å². The number of hydrogen-bond donors (Lipinski definition) is 1. The normalized spacial score (nSPS) is 9.67. The number of benzene rings is 1. The largest absolute Gasteiger partial charge is 0.270 e. The Morgan fingerprint density at radius 2 is 1.80 bits per heavy atom. The molecule has 0 bridgehead atoms.